The molecule has 4 nitrogen and oxygen atoms in total. The van der Waals surface area contributed by atoms with Gasteiger partial charge in [0.25, 0.3) is 0 Å². The minimum atomic E-state index is -0.0112. The summed E-state index contributed by atoms with van der Waals surface area (Å²) in [4.78, 5) is 11.0. The molecule has 72 valence electrons. The molecule has 0 aliphatic heterocycles. The number of nitrogens with one attached hydrogen (secondary N) is 1. The van der Waals surface area contributed by atoms with Crippen LogP contribution >= 0.6 is 0 Å². The van der Waals surface area contributed by atoms with Crippen LogP contribution in [0.25, 0.3) is 0 Å². The topological polar surface area (TPSA) is 58.6 Å². The Balaban J connectivity index is 3.20. The van der Waals surface area contributed by atoms with E-state index >= 15 is 0 Å². The number of hydrogen-bond acceptors (Lipinski definition) is 3. The van der Waals surface area contributed by atoms with Gasteiger partial charge in [-0.05, 0) is 13.8 Å². The van der Waals surface area contributed by atoms with Crippen molar-refractivity contribution in [1.82, 2.24) is 5.32 Å². The van der Waals surface area contributed by atoms with Crippen LogP contribution in [0.15, 0.2) is 0 Å². The van der Waals surface area contributed by atoms with E-state index in [4.69, 9.17) is 9.84 Å². The lowest BCUT2D eigenvalue weighted by Gasteiger charge is -2.07. The Morgan fingerprint density at radius 3 is 2.67 bits per heavy atom. The van der Waals surface area contributed by atoms with Gasteiger partial charge >= 0.3 is 0 Å². The maximum absolute atomic E-state index is 11.0. The van der Waals surface area contributed by atoms with Crippen LogP contribution in [-0.2, 0) is 9.53 Å². The Labute approximate surface area is 72.9 Å². The Morgan fingerprint density at radius 2 is 2.17 bits per heavy atom. The van der Waals surface area contributed by atoms with E-state index in [0.29, 0.717) is 19.6 Å². The van der Waals surface area contributed by atoms with Crippen molar-refractivity contribution in [2.45, 2.75) is 26.3 Å². The van der Waals surface area contributed by atoms with Gasteiger partial charge in [-0.1, -0.05) is 0 Å². The normalized spacial score (nSPS) is 10.3. The van der Waals surface area contributed by atoms with Crippen molar-refractivity contribution < 1.29 is 14.6 Å². The minimum absolute atomic E-state index is 0.00575. The van der Waals surface area contributed by atoms with Crippen molar-refractivity contribution in [3.63, 3.8) is 0 Å². The quantitative estimate of drug-likeness (QED) is 0.555. The van der Waals surface area contributed by atoms with Crippen LogP contribution in [0.1, 0.15) is 20.3 Å². The lowest BCUT2D eigenvalue weighted by molar-refractivity contribution is -0.122. The average molecular weight is 175 g/mol. The van der Waals surface area contributed by atoms with Gasteiger partial charge in [0.05, 0.1) is 19.8 Å². The monoisotopic (exact) mass is 175 g/mol. The third-order valence-corrected chi connectivity index (χ3v) is 1.16. The second kappa shape index (κ2) is 7.06. The van der Waals surface area contributed by atoms with Crippen LogP contribution in [0.2, 0.25) is 0 Å². The van der Waals surface area contributed by atoms with Crippen LogP contribution in [-0.4, -0.2) is 36.9 Å². The molecule has 4 heteroatoms. The summed E-state index contributed by atoms with van der Waals surface area (Å²) < 4.78 is 4.92. The molecule has 0 bridgehead atoms. The van der Waals surface area contributed by atoms with Crippen LogP contribution in [0.5, 0.6) is 0 Å². The fourth-order valence-electron chi connectivity index (χ4n) is 0.726. The maximum atomic E-state index is 11.0. The Kier molecular flexibility index (Phi) is 6.70. The van der Waals surface area contributed by atoms with Crippen molar-refractivity contribution in [3.8, 4) is 0 Å². The molecule has 0 aromatic carbocycles. The van der Waals surface area contributed by atoms with Crippen molar-refractivity contribution in [2.75, 3.05) is 19.8 Å². The zero-order valence-corrected chi connectivity index (χ0v) is 7.67. The van der Waals surface area contributed by atoms with Crippen molar-refractivity contribution in [3.05, 3.63) is 0 Å². The number of carbonyl (C=O) groups is 1. The predicted molar refractivity (Wildman–Crippen MR) is 45.8 cm³/mol. The molecular formula is C8H17NO3. The van der Waals surface area contributed by atoms with E-state index in [9.17, 15) is 4.79 Å². The maximum Gasteiger partial charge on any atom is 0.222 e. The van der Waals surface area contributed by atoms with Crippen molar-refractivity contribution in [1.29, 1.82) is 0 Å². The number of carbonyl (C=O) groups excluding carboxylic acids is 1. The first kappa shape index (κ1) is 11.4. The van der Waals surface area contributed by atoms with Gasteiger partial charge in [-0.15, -0.1) is 0 Å². The zero-order valence-electron chi connectivity index (χ0n) is 7.67. The molecule has 0 aromatic rings. The van der Waals surface area contributed by atoms with E-state index in [2.05, 4.69) is 5.32 Å². The molecule has 0 fully saturated rings. The van der Waals surface area contributed by atoms with Gasteiger partial charge in [-0.2, -0.15) is 0 Å². The first-order valence-electron chi connectivity index (χ1n) is 4.14. The molecule has 0 aliphatic carbocycles. The summed E-state index contributed by atoms with van der Waals surface area (Å²) in [6.45, 7) is 4.50. The van der Waals surface area contributed by atoms with Crippen molar-refractivity contribution >= 4 is 5.91 Å². The lowest BCUT2D eigenvalue weighted by atomic mass is 10.3. The van der Waals surface area contributed by atoms with Gasteiger partial charge in [-0.25, -0.2) is 0 Å². The first-order chi connectivity index (χ1) is 5.66. The smallest absolute Gasteiger partial charge is 0.222 e. The molecule has 0 atom stereocenters. The number of aliphatic hydroxyl groups excluding tert-OH is 1. The fraction of sp³-hybridized carbons (Fsp3) is 0.875. The summed E-state index contributed by atoms with van der Waals surface area (Å²) >= 11 is 0. The van der Waals surface area contributed by atoms with E-state index in [-0.39, 0.29) is 18.6 Å². The molecule has 0 unspecified atom stereocenters. The van der Waals surface area contributed by atoms with Gasteiger partial charge < -0.3 is 15.2 Å². The molecule has 2 N–H and O–H groups in total. The molecule has 0 heterocycles. The first-order valence-corrected chi connectivity index (χ1v) is 4.14. The van der Waals surface area contributed by atoms with Gasteiger partial charge in [-0.3, -0.25) is 4.79 Å². The van der Waals surface area contributed by atoms with Gasteiger partial charge in [0, 0.05) is 12.5 Å². The van der Waals surface area contributed by atoms with E-state index in [1.54, 1.807) is 0 Å². The second-order valence-electron chi connectivity index (χ2n) is 2.81. The van der Waals surface area contributed by atoms with E-state index < -0.39 is 0 Å². The summed E-state index contributed by atoms with van der Waals surface area (Å²) in [6, 6.07) is 0.176. The van der Waals surface area contributed by atoms with Crippen molar-refractivity contribution in [2.24, 2.45) is 0 Å². The third kappa shape index (κ3) is 7.50. The predicted octanol–water partition coefficient (Wildman–Crippen LogP) is -0.0900. The van der Waals surface area contributed by atoms with Gasteiger partial charge in [0.15, 0.2) is 0 Å². The molecule has 0 spiro atoms. The molecule has 0 aromatic heterocycles. The lowest BCUT2D eigenvalue weighted by Crippen LogP contribution is -2.30. The highest BCUT2D eigenvalue weighted by molar-refractivity contribution is 5.76. The van der Waals surface area contributed by atoms with Gasteiger partial charge in [0.1, 0.15) is 0 Å². The van der Waals surface area contributed by atoms with Crippen LogP contribution < -0.4 is 5.32 Å². The average Bonchev–Trinajstić information content (AvgIpc) is 1.97. The SMILES string of the molecule is CC(C)NC(=O)CCOCCO. The summed E-state index contributed by atoms with van der Waals surface area (Å²) in [5.41, 5.74) is 0. The minimum Gasteiger partial charge on any atom is -0.394 e. The zero-order chi connectivity index (χ0) is 9.40. The molecule has 0 saturated carbocycles. The van der Waals surface area contributed by atoms with Crippen LogP contribution in [0.4, 0.5) is 0 Å². The molecule has 0 radical (unpaired) electrons. The summed E-state index contributed by atoms with van der Waals surface area (Å²) in [7, 11) is 0. The van der Waals surface area contributed by atoms with E-state index in [1.165, 1.54) is 0 Å². The molecule has 1 amide bonds. The summed E-state index contributed by atoms with van der Waals surface area (Å²) in [6.07, 6.45) is 0.359. The number of rotatable bonds is 6. The molecule has 0 rings (SSSR count). The Morgan fingerprint density at radius 1 is 1.50 bits per heavy atom. The number of ether oxygens (including phenoxy) is 1. The summed E-state index contributed by atoms with van der Waals surface area (Å²) in [5, 5.41) is 11.1. The second-order valence-corrected chi connectivity index (χ2v) is 2.81. The van der Waals surface area contributed by atoms with E-state index in [1.807, 2.05) is 13.8 Å². The highest BCUT2D eigenvalue weighted by Gasteiger charge is 2.01. The number of hydrogen-bond donors (Lipinski definition) is 2. The number of aliphatic hydroxyl groups is 1. The Bertz CT molecular complexity index is 125. The largest absolute Gasteiger partial charge is 0.394 e. The molecular weight excluding hydrogens is 158 g/mol. The fourth-order valence-corrected chi connectivity index (χ4v) is 0.726. The summed E-state index contributed by atoms with van der Waals surface area (Å²) in [5.74, 6) is -0.0112. The standard InChI is InChI=1S/C8H17NO3/c1-7(2)9-8(11)3-5-12-6-4-10/h7,10H,3-6H2,1-2H3,(H,9,11). The highest BCUT2D eigenvalue weighted by atomic mass is 16.5. The van der Waals surface area contributed by atoms with Crippen LogP contribution in [0, 0.1) is 0 Å². The Hall–Kier alpha value is -0.610. The number of amides is 1. The third-order valence-electron chi connectivity index (χ3n) is 1.16. The van der Waals surface area contributed by atoms with E-state index in [0.717, 1.165) is 0 Å². The molecule has 0 saturated heterocycles. The highest BCUT2D eigenvalue weighted by Crippen LogP contribution is 1.85. The van der Waals surface area contributed by atoms with Crippen LogP contribution in [0.3, 0.4) is 0 Å². The molecule has 0 aliphatic rings. The van der Waals surface area contributed by atoms with Gasteiger partial charge in [0.2, 0.25) is 5.91 Å². The molecule has 12 heavy (non-hydrogen) atoms.